The molecule has 1 N–H and O–H groups in total. The molecule has 8 heteroatoms. The Bertz CT molecular complexity index is 884. The van der Waals surface area contributed by atoms with Gasteiger partial charge in [0, 0.05) is 12.1 Å². The van der Waals surface area contributed by atoms with Crippen molar-refractivity contribution in [2.75, 3.05) is 31.1 Å². The van der Waals surface area contributed by atoms with Gasteiger partial charge in [-0.2, -0.15) is 0 Å². The molecule has 2 aromatic heterocycles. The van der Waals surface area contributed by atoms with Gasteiger partial charge in [-0.1, -0.05) is 13.8 Å². The molecule has 29 heavy (non-hydrogen) atoms. The van der Waals surface area contributed by atoms with E-state index in [1.54, 1.807) is 6.26 Å². The molecule has 3 aromatic rings. The lowest BCUT2D eigenvalue weighted by molar-refractivity contribution is -0.934. The maximum Gasteiger partial charge on any atom is 0.209 e. The van der Waals surface area contributed by atoms with Crippen molar-refractivity contribution in [1.29, 1.82) is 0 Å². The van der Waals surface area contributed by atoms with Gasteiger partial charge in [0.25, 0.3) is 0 Å². The Hall–Kier alpha value is -2.74. The second-order valence-electron chi connectivity index (χ2n) is 8.08. The average Bonchev–Trinajstić information content (AvgIpc) is 3.39. The van der Waals surface area contributed by atoms with Gasteiger partial charge < -0.3 is 14.2 Å². The van der Waals surface area contributed by atoms with Crippen molar-refractivity contribution in [3.05, 3.63) is 60.1 Å². The van der Waals surface area contributed by atoms with E-state index in [9.17, 15) is 4.39 Å². The predicted molar refractivity (Wildman–Crippen MR) is 107 cm³/mol. The molecule has 1 fully saturated rings. The molecule has 1 aliphatic heterocycles. The minimum absolute atomic E-state index is 0.196. The van der Waals surface area contributed by atoms with Gasteiger partial charge in [-0.15, -0.1) is 5.10 Å². The van der Waals surface area contributed by atoms with Crippen molar-refractivity contribution < 1.29 is 13.7 Å². The van der Waals surface area contributed by atoms with Crippen LogP contribution in [0.5, 0.6) is 0 Å². The summed E-state index contributed by atoms with van der Waals surface area (Å²) < 4.78 is 20.6. The van der Waals surface area contributed by atoms with Gasteiger partial charge in [0.2, 0.25) is 5.82 Å². The van der Waals surface area contributed by atoms with E-state index in [1.807, 2.05) is 28.9 Å². The van der Waals surface area contributed by atoms with Gasteiger partial charge in [0.1, 0.15) is 24.2 Å². The minimum atomic E-state index is -0.196. The molecule has 0 amide bonds. The SMILES string of the molecule is CC(C)C[C@H](c1nnnn1Cc1ccco1)[NH+]1CCN(c2ccc(F)cc2)CC1. The quantitative estimate of drug-likeness (QED) is 0.658. The molecule has 0 saturated carbocycles. The third kappa shape index (κ3) is 4.64. The highest BCUT2D eigenvalue weighted by molar-refractivity contribution is 5.46. The second kappa shape index (κ2) is 8.73. The first-order valence-electron chi connectivity index (χ1n) is 10.2. The number of hydrogen-bond donors (Lipinski definition) is 1. The van der Waals surface area contributed by atoms with Crippen molar-refractivity contribution in [2.45, 2.75) is 32.9 Å². The van der Waals surface area contributed by atoms with Gasteiger partial charge in [-0.3, -0.25) is 0 Å². The maximum absolute atomic E-state index is 13.2. The van der Waals surface area contributed by atoms with E-state index in [2.05, 4.69) is 34.3 Å². The number of nitrogens with one attached hydrogen (secondary N) is 1. The van der Waals surface area contributed by atoms with Crippen LogP contribution in [-0.2, 0) is 6.54 Å². The molecule has 1 aromatic carbocycles. The summed E-state index contributed by atoms with van der Waals surface area (Å²) in [5.74, 6) is 2.10. The molecule has 3 heterocycles. The molecule has 1 saturated heterocycles. The zero-order valence-corrected chi connectivity index (χ0v) is 17.0. The Labute approximate surface area is 170 Å². The molecule has 4 rings (SSSR count). The highest BCUT2D eigenvalue weighted by Gasteiger charge is 2.33. The first-order chi connectivity index (χ1) is 14.1. The largest absolute Gasteiger partial charge is 0.467 e. The number of quaternary nitrogens is 1. The molecule has 7 nitrogen and oxygen atoms in total. The number of benzene rings is 1. The first-order valence-corrected chi connectivity index (χ1v) is 10.2. The number of rotatable bonds is 7. The lowest BCUT2D eigenvalue weighted by atomic mass is 10.0. The van der Waals surface area contributed by atoms with E-state index < -0.39 is 0 Å². The molecule has 0 radical (unpaired) electrons. The van der Waals surface area contributed by atoms with Crippen LogP contribution in [0.15, 0.2) is 47.1 Å². The fourth-order valence-corrected chi connectivity index (χ4v) is 4.10. The summed E-state index contributed by atoms with van der Waals surface area (Å²) in [7, 11) is 0. The van der Waals surface area contributed by atoms with E-state index in [0.29, 0.717) is 12.5 Å². The molecular formula is C21H28FN6O+. The predicted octanol–water partition coefficient (Wildman–Crippen LogP) is 1.95. The lowest BCUT2D eigenvalue weighted by Crippen LogP contribution is -3.15. The van der Waals surface area contributed by atoms with Crippen LogP contribution in [0.3, 0.4) is 0 Å². The fourth-order valence-electron chi connectivity index (χ4n) is 4.10. The molecule has 1 aliphatic rings. The van der Waals surface area contributed by atoms with Gasteiger partial charge in [0.15, 0.2) is 0 Å². The highest BCUT2D eigenvalue weighted by Crippen LogP contribution is 2.19. The molecule has 154 valence electrons. The Balaban J connectivity index is 1.48. The summed E-state index contributed by atoms with van der Waals surface area (Å²) in [6.45, 7) is 8.85. The van der Waals surface area contributed by atoms with Gasteiger partial charge >= 0.3 is 0 Å². The number of hydrogen-bond acceptors (Lipinski definition) is 5. The summed E-state index contributed by atoms with van der Waals surface area (Å²) in [6.07, 6.45) is 2.69. The summed E-state index contributed by atoms with van der Waals surface area (Å²) in [6, 6.07) is 10.8. The third-order valence-electron chi connectivity index (χ3n) is 5.55. The van der Waals surface area contributed by atoms with Crippen molar-refractivity contribution in [3.63, 3.8) is 0 Å². The van der Waals surface area contributed by atoms with Gasteiger partial charge in [-0.05, 0) is 52.7 Å². The Morgan fingerprint density at radius 3 is 2.55 bits per heavy atom. The van der Waals surface area contributed by atoms with Crippen LogP contribution in [0.2, 0.25) is 0 Å². The summed E-state index contributed by atoms with van der Waals surface area (Å²) >= 11 is 0. The van der Waals surface area contributed by atoms with Crippen molar-refractivity contribution in [3.8, 4) is 0 Å². The normalized spacial score (nSPS) is 16.5. The summed E-state index contributed by atoms with van der Waals surface area (Å²) in [4.78, 5) is 3.81. The number of anilines is 1. The molecular weight excluding hydrogens is 371 g/mol. The van der Waals surface area contributed by atoms with Crippen LogP contribution < -0.4 is 9.80 Å². The molecule has 1 atom stereocenters. The topological polar surface area (TPSA) is 64.4 Å². The number of piperazine rings is 1. The van der Waals surface area contributed by atoms with Gasteiger partial charge in [0.05, 0.1) is 32.4 Å². The van der Waals surface area contributed by atoms with Crippen LogP contribution in [0.4, 0.5) is 10.1 Å². The number of aromatic nitrogens is 4. The van der Waals surface area contributed by atoms with Crippen LogP contribution >= 0.6 is 0 Å². The standard InChI is InChI=1S/C21H27FN6O/c1-16(2)14-20(21-23-24-25-28(21)15-19-4-3-13-29-19)27-11-9-26(10-12-27)18-7-5-17(22)6-8-18/h3-8,13,16,20H,9-12,14-15H2,1-2H3/p+1/t20-/m1/s1. The van der Waals surface area contributed by atoms with Crippen molar-refractivity contribution >= 4 is 5.69 Å². The van der Waals surface area contributed by atoms with E-state index in [-0.39, 0.29) is 11.9 Å². The van der Waals surface area contributed by atoms with E-state index in [0.717, 1.165) is 49.9 Å². The molecule has 0 bridgehead atoms. The smallest absolute Gasteiger partial charge is 0.209 e. The van der Waals surface area contributed by atoms with E-state index in [1.165, 1.54) is 17.0 Å². The van der Waals surface area contributed by atoms with Crippen LogP contribution in [0, 0.1) is 11.7 Å². The Morgan fingerprint density at radius 1 is 1.14 bits per heavy atom. The molecule has 0 aliphatic carbocycles. The monoisotopic (exact) mass is 399 g/mol. The van der Waals surface area contributed by atoms with E-state index in [4.69, 9.17) is 4.42 Å². The minimum Gasteiger partial charge on any atom is -0.467 e. The maximum atomic E-state index is 13.2. The number of halogens is 1. The number of nitrogens with zero attached hydrogens (tertiary/aromatic N) is 5. The number of furan rings is 1. The van der Waals surface area contributed by atoms with Gasteiger partial charge in [-0.25, -0.2) is 9.07 Å². The first kappa shape index (κ1) is 19.6. The van der Waals surface area contributed by atoms with Crippen LogP contribution in [0.25, 0.3) is 0 Å². The zero-order valence-electron chi connectivity index (χ0n) is 17.0. The molecule has 0 unspecified atom stereocenters. The third-order valence-corrected chi connectivity index (χ3v) is 5.55. The molecule has 0 spiro atoms. The second-order valence-corrected chi connectivity index (χ2v) is 8.08. The average molecular weight is 399 g/mol. The van der Waals surface area contributed by atoms with Crippen LogP contribution in [-0.4, -0.2) is 46.4 Å². The van der Waals surface area contributed by atoms with Crippen LogP contribution in [0.1, 0.15) is 37.9 Å². The summed E-state index contributed by atoms with van der Waals surface area (Å²) in [5.41, 5.74) is 1.08. The zero-order chi connectivity index (χ0) is 20.2. The fraction of sp³-hybridized carbons (Fsp3) is 0.476. The highest BCUT2D eigenvalue weighted by atomic mass is 19.1. The lowest BCUT2D eigenvalue weighted by Gasteiger charge is -2.37. The summed E-state index contributed by atoms with van der Waals surface area (Å²) in [5, 5.41) is 12.6. The Morgan fingerprint density at radius 2 is 1.90 bits per heavy atom. The number of tetrazole rings is 1. The Kier molecular flexibility index (Phi) is 5.89. The van der Waals surface area contributed by atoms with E-state index >= 15 is 0 Å². The van der Waals surface area contributed by atoms with Crippen molar-refractivity contribution in [2.24, 2.45) is 5.92 Å². The van der Waals surface area contributed by atoms with Crippen molar-refractivity contribution in [1.82, 2.24) is 20.2 Å².